The first kappa shape index (κ1) is 20.1. The molecule has 2 amide bonds. The topological polar surface area (TPSA) is 61.4 Å². The minimum absolute atomic E-state index is 0.0234. The Morgan fingerprint density at radius 1 is 0.781 bits per heavy atom. The van der Waals surface area contributed by atoms with Gasteiger partial charge in [0.1, 0.15) is 10.6 Å². The predicted molar refractivity (Wildman–Crippen MR) is 133 cm³/mol. The zero-order valence-corrected chi connectivity index (χ0v) is 18.4. The van der Waals surface area contributed by atoms with Gasteiger partial charge in [-0.15, -0.1) is 11.3 Å². The highest BCUT2D eigenvalue weighted by Crippen LogP contribution is 2.42. The Hall–Kier alpha value is -3.81. The summed E-state index contributed by atoms with van der Waals surface area (Å²) in [7, 11) is 0. The third kappa shape index (κ3) is 3.79. The van der Waals surface area contributed by atoms with E-state index in [1.165, 1.54) is 11.3 Å². The van der Waals surface area contributed by atoms with Gasteiger partial charge in [-0.1, -0.05) is 54.6 Å². The molecular weight excluding hydrogens is 438 g/mol. The molecular formula is C25H17N3O2S2. The SMILES string of the molecule is O=C1NC(=S)NC(=O)C1=Cc1ccc(N(c2ccccc2)c2cccc3ccccc23)s1. The van der Waals surface area contributed by atoms with Crippen molar-refractivity contribution in [2.24, 2.45) is 0 Å². The van der Waals surface area contributed by atoms with Gasteiger partial charge in [0.15, 0.2) is 5.11 Å². The number of hydrogen-bond donors (Lipinski definition) is 2. The summed E-state index contributed by atoms with van der Waals surface area (Å²) in [6.45, 7) is 0. The lowest BCUT2D eigenvalue weighted by atomic mass is 10.1. The van der Waals surface area contributed by atoms with Crippen LogP contribution in [0.4, 0.5) is 16.4 Å². The van der Waals surface area contributed by atoms with Crippen LogP contribution < -0.4 is 15.5 Å². The zero-order valence-electron chi connectivity index (χ0n) is 16.7. The lowest BCUT2D eigenvalue weighted by molar-refractivity contribution is -0.123. The van der Waals surface area contributed by atoms with Crippen LogP contribution in [-0.2, 0) is 9.59 Å². The van der Waals surface area contributed by atoms with Crippen LogP contribution >= 0.6 is 23.6 Å². The average Bonchev–Trinajstić information content (AvgIpc) is 3.25. The van der Waals surface area contributed by atoms with Gasteiger partial charge in [0, 0.05) is 16.0 Å². The molecule has 4 aromatic rings. The van der Waals surface area contributed by atoms with Crippen molar-refractivity contribution in [3.05, 3.63) is 95.4 Å². The van der Waals surface area contributed by atoms with Gasteiger partial charge >= 0.3 is 0 Å². The maximum atomic E-state index is 12.2. The quantitative estimate of drug-likeness (QED) is 0.250. The minimum Gasteiger partial charge on any atom is -0.301 e. The first-order valence-electron chi connectivity index (χ1n) is 9.91. The summed E-state index contributed by atoms with van der Waals surface area (Å²) in [5.41, 5.74) is 2.10. The lowest BCUT2D eigenvalue weighted by Crippen LogP contribution is -2.51. The minimum atomic E-state index is -0.498. The monoisotopic (exact) mass is 455 g/mol. The van der Waals surface area contributed by atoms with E-state index in [0.29, 0.717) is 0 Å². The van der Waals surface area contributed by atoms with Crippen LogP contribution in [0.3, 0.4) is 0 Å². The molecule has 7 heteroatoms. The van der Waals surface area contributed by atoms with Crippen LogP contribution in [0.1, 0.15) is 4.88 Å². The molecule has 3 aromatic carbocycles. The molecule has 0 unspecified atom stereocenters. The van der Waals surface area contributed by atoms with Crippen molar-refractivity contribution in [3.63, 3.8) is 0 Å². The van der Waals surface area contributed by atoms with Gasteiger partial charge in [-0.3, -0.25) is 20.2 Å². The number of carbonyl (C=O) groups excluding carboxylic acids is 2. The molecule has 32 heavy (non-hydrogen) atoms. The van der Waals surface area contributed by atoms with E-state index in [4.69, 9.17) is 12.2 Å². The van der Waals surface area contributed by atoms with Gasteiger partial charge in [-0.05, 0) is 54.0 Å². The van der Waals surface area contributed by atoms with E-state index >= 15 is 0 Å². The fraction of sp³-hybridized carbons (Fsp3) is 0. The highest BCUT2D eigenvalue weighted by atomic mass is 32.1. The summed E-state index contributed by atoms with van der Waals surface area (Å²) in [6, 6.07) is 28.5. The van der Waals surface area contributed by atoms with Gasteiger partial charge in [0.25, 0.3) is 11.8 Å². The van der Waals surface area contributed by atoms with E-state index in [2.05, 4.69) is 51.9 Å². The normalized spacial score (nSPS) is 13.6. The molecule has 156 valence electrons. The van der Waals surface area contributed by atoms with Gasteiger partial charge < -0.3 is 4.90 Å². The highest BCUT2D eigenvalue weighted by molar-refractivity contribution is 7.80. The van der Waals surface area contributed by atoms with E-state index < -0.39 is 11.8 Å². The van der Waals surface area contributed by atoms with E-state index in [0.717, 1.165) is 32.0 Å². The highest BCUT2D eigenvalue weighted by Gasteiger charge is 2.26. The molecule has 5 nitrogen and oxygen atoms in total. The van der Waals surface area contributed by atoms with E-state index in [-0.39, 0.29) is 10.7 Å². The fourth-order valence-electron chi connectivity index (χ4n) is 3.65. The standard InChI is InChI=1S/C25H17N3O2S2/c29-23-20(24(30)27-25(31)26-23)15-18-13-14-22(32-18)28(17-9-2-1-3-10-17)21-12-6-8-16-7-4-5-11-19(16)21/h1-15H,(H2,26,27,29,30,31). The third-order valence-corrected chi connectivity index (χ3v) is 6.31. The van der Waals surface area contributed by atoms with Crippen LogP contribution in [0.25, 0.3) is 16.8 Å². The maximum absolute atomic E-state index is 12.2. The molecule has 0 radical (unpaired) electrons. The van der Waals surface area contributed by atoms with E-state index in [1.54, 1.807) is 6.08 Å². The second kappa shape index (κ2) is 8.37. The Labute approximate surface area is 194 Å². The number of anilines is 3. The summed E-state index contributed by atoms with van der Waals surface area (Å²) in [4.78, 5) is 27.4. The number of carbonyl (C=O) groups is 2. The number of thiophene rings is 1. The Morgan fingerprint density at radius 2 is 1.47 bits per heavy atom. The molecule has 2 N–H and O–H groups in total. The second-order valence-electron chi connectivity index (χ2n) is 7.14. The molecule has 0 aliphatic carbocycles. The second-order valence-corrected chi connectivity index (χ2v) is 8.64. The summed E-state index contributed by atoms with van der Waals surface area (Å²) < 4.78 is 0. The molecule has 0 atom stereocenters. The number of hydrogen-bond acceptors (Lipinski definition) is 5. The summed E-state index contributed by atoms with van der Waals surface area (Å²) in [5.74, 6) is -0.995. The van der Waals surface area contributed by atoms with E-state index in [1.807, 2.05) is 48.5 Å². The van der Waals surface area contributed by atoms with Crippen molar-refractivity contribution < 1.29 is 9.59 Å². The van der Waals surface area contributed by atoms with Crippen molar-refractivity contribution >= 4 is 73.7 Å². The van der Waals surface area contributed by atoms with Gasteiger partial charge in [0.2, 0.25) is 0 Å². The number of thiocarbonyl (C=S) groups is 1. The number of para-hydroxylation sites is 1. The Kier molecular flexibility index (Phi) is 5.26. The average molecular weight is 456 g/mol. The zero-order chi connectivity index (χ0) is 22.1. The summed E-state index contributed by atoms with van der Waals surface area (Å²) >= 11 is 6.36. The molecule has 1 aromatic heterocycles. The lowest BCUT2D eigenvalue weighted by Gasteiger charge is -2.25. The maximum Gasteiger partial charge on any atom is 0.263 e. The van der Waals surface area contributed by atoms with Gasteiger partial charge in [-0.2, -0.15) is 0 Å². The smallest absolute Gasteiger partial charge is 0.263 e. The largest absolute Gasteiger partial charge is 0.301 e. The molecule has 1 fully saturated rings. The first-order valence-corrected chi connectivity index (χ1v) is 11.1. The molecule has 5 rings (SSSR count). The number of rotatable bonds is 4. The Morgan fingerprint density at radius 3 is 2.25 bits per heavy atom. The molecule has 1 aliphatic rings. The molecule has 1 saturated heterocycles. The van der Waals surface area contributed by atoms with Gasteiger partial charge in [0.05, 0.1) is 5.69 Å². The molecule has 0 bridgehead atoms. The number of benzene rings is 3. The van der Waals surface area contributed by atoms with Crippen LogP contribution in [0.5, 0.6) is 0 Å². The Bertz CT molecular complexity index is 1370. The van der Waals surface area contributed by atoms with Crippen molar-refractivity contribution in [1.29, 1.82) is 0 Å². The van der Waals surface area contributed by atoms with Crippen LogP contribution in [-0.4, -0.2) is 16.9 Å². The van der Waals surface area contributed by atoms with Crippen molar-refractivity contribution in [1.82, 2.24) is 10.6 Å². The van der Waals surface area contributed by atoms with Gasteiger partial charge in [-0.25, -0.2) is 0 Å². The molecule has 0 spiro atoms. The molecule has 2 heterocycles. The number of fused-ring (bicyclic) bond motifs is 1. The fourth-order valence-corrected chi connectivity index (χ4v) is 4.82. The third-order valence-electron chi connectivity index (χ3n) is 5.08. The van der Waals surface area contributed by atoms with Crippen LogP contribution in [0.15, 0.2) is 90.5 Å². The summed E-state index contributed by atoms with van der Waals surface area (Å²) in [5, 5.41) is 8.20. The van der Waals surface area contributed by atoms with E-state index in [9.17, 15) is 9.59 Å². The Balaban J connectivity index is 1.61. The van der Waals surface area contributed by atoms with Crippen LogP contribution in [0.2, 0.25) is 0 Å². The number of amides is 2. The summed E-state index contributed by atoms with van der Waals surface area (Å²) in [6.07, 6.45) is 1.59. The number of nitrogens with zero attached hydrogens (tertiary/aromatic N) is 1. The predicted octanol–water partition coefficient (Wildman–Crippen LogP) is 5.29. The van der Waals surface area contributed by atoms with Crippen LogP contribution in [0, 0.1) is 0 Å². The molecule has 1 aliphatic heterocycles. The van der Waals surface area contributed by atoms with Crippen molar-refractivity contribution in [2.45, 2.75) is 0 Å². The van der Waals surface area contributed by atoms with Crippen molar-refractivity contribution in [2.75, 3.05) is 4.90 Å². The number of nitrogens with one attached hydrogen (secondary N) is 2. The molecule has 0 saturated carbocycles. The van der Waals surface area contributed by atoms with Crippen molar-refractivity contribution in [3.8, 4) is 0 Å². The first-order chi connectivity index (χ1) is 15.6.